The summed E-state index contributed by atoms with van der Waals surface area (Å²) in [5, 5.41) is 12.5. The number of anilines is 1. The predicted molar refractivity (Wildman–Crippen MR) is 116 cm³/mol. The van der Waals surface area contributed by atoms with Crippen molar-refractivity contribution in [3.05, 3.63) is 59.2 Å². The second-order valence-electron chi connectivity index (χ2n) is 6.98. The van der Waals surface area contributed by atoms with E-state index in [2.05, 4.69) is 52.1 Å². The summed E-state index contributed by atoms with van der Waals surface area (Å²) in [6, 6.07) is 14.3. The highest BCUT2D eigenvalue weighted by Gasteiger charge is 2.15. The number of carbonyl (C=O) groups excluding carboxylic acids is 1. The van der Waals surface area contributed by atoms with Crippen LogP contribution < -0.4 is 5.32 Å². The number of nitrogens with one attached hydrogen (secondary N) is 1. The molecule has 0 aliphatic heterocycles. The highest BCUT2D eigenvalue weighted by Crippen LogP contribution is 2.25. The van der Waals surface area contributed by atoms with Gasteiger partial charge in [0.1, 0.15) is 0 Å². The van der Waals surface area contributed by atoms with E-state index in [4.69, 9.17) is 0 Å². The van der Waals surface area contributed by atoms with E-state index in [1.807, 2.05) is 38.1 Å². The van der Waals surface area contributed by atoms with Gasteiger partial charge < -0.3 is 9.88 Å². The van der Waals surface area contributed by atoms with Crippen molar-refractivity contribution in [1.82, 2.24) is 14.8 Å². The molecule has 1 aromatic heterocycles. The SMILES string of the molecule is CCCn1c(SCC(=O)Nc2ccc(C)cc2C)nnc1-c1cccc(C)c1. The van der Waals surface area contributed by atoms with Gasteiger partial charge in [-0.15, -0.1) is 10.2 Å². The van der Waals surface area contributed by atoms with Gasteiger partial charge in [-0.05, 0) is 44.9 Å². The fourth-order valence-corrected chi connectivity index (χ4v) is 3.85. The normalized spacial score (nSPS) is 10.9. The monoisotopic (exact) mass is 394 g/mol. The first kappa shape index (κ1) is 20.1. The van der Waals surface area contributed by atoms with Gasteiger partial charge in [0, 0.05) is 17.8 Å². The lowest BCUT2D eigenvalue weighted by molar-refractivity contribution is -0.113. The van der Waals surface area contributed by atoms with Crippen molar-refractivity contribution in [2.45, 2.75) is 45.8 Å². The molecule has 2 aromatic carbocycles. The molecule has 0 unspecified atom stereocenters. The van der Waals surface area contributed by atoms with Gasteiger partial charge in [-0.1, -0.05) is 60.1 Å². The Bertz CT molecular complexity index is 980. The first-order valence-electron chi connectivity index (χ1n) is 9.48. The van der Waals surface area contributed by atoms with E-state index in [9.17, 15) is 4.79 Å². The molecule has 1 amide bonds. The third kappa shape index (κ3) is 4.81. The summed E-state index contributed by atoms with van der Waals surface area (Å²) in [4.78, 5) is 12.4. The average Bonchev–Trinajstić information content (AvgIpc) is 3.05. The molecule has 0 aliphatic rings. The summed E-state index contributed by atoms with van der Waals surface area (Å²) in [5.41, 5.74) is 5.33. The van der Waals surface area contributed by atoms with E-state index in [1.54, 1.807) is 0 Å². The summed E-state index contributed by atoms with van der Waals surface area (Å²) < 4.78 is 2.10. The average molecular weight is 395 g/mol. The largest absolute Gasteiger partial charge is 0.325 e. The minimum absolute atomic E-state index is 0.0416. The van der Waals surface area contributed by atoms with E-state index in [0.29, 0.717) is 5.75 Å². The van der Waals surface area contributed by atoms with Crippen LogP contribution in [0.3, 0.4) is 0 Å². The Balaban J connectivity index is 1.72. The smallest absolute Gasteiger partial charge is 0.234 e. The molecule has 3 aromatic rings. The van der Waals surface area contributed by atoms with Crippen LogP contribution >= 0.6 is 11.8 Å². The molecule has 146 valence electrons. The van der Waals surface area contributed by atoms with Gasteiger partial charge in [-0.2, -0.15) is 0 Å². The van der Waals surface area contributed by atoms with Crippen LogP contribution in [0.1, 0.15) is 30.0 Å². The molecule has 0 aliphatic carbocycles. The Morgan fingerprint density at radius 1 is 1.07 bits per heavy atom. The van der Waals surface area contributed by atoms with E-state index in [1.165, 1.54) is 22.9 Å². The maximum atomic E-state index is 12.4. The first-order chi connectivity index (χ1) is 13.5. The summed E-state index contributed by atoms with van der Waals surface area (Å²) in [6.07, 6.45) is 0.971. The van der Waals surface area contributed by atoms with Crippen LogP contribution in [0.4, 0.5) is 5.69 Å². The third-order valence-electron chi connectivity index (χ3n) is 4.43. The van der Waals surface area contributed by atoms with Crippen molar-refractivity contribution < 1.29 is 4.79 Å². The van der Waals surface area contributed by atoms with Crippen LogP contribution in [0, 0.1) is 20.8 Å². The lowest BCUT2D eigenvalue weighted by Crippen LogP contribution is -2.15. The molecule has 1 heterocycles. The molecule has 0 bridgehead atoms. The van der Waals surface area contributed by atoms with Gasteiger partial charge >= 0.3 is 0 Å². The fourth-order valence-electron chi connectivity index (χ4n) is 3.09. The summed E-state index contributed by atoms with van der Waals surface area (Å²) in [7, 11) is 0. The van der Waals surface area contributed by atoms with Gasteiger partial charge in [-0.3, -0.25) is 4.79 Å². The zero-order valence-electron chi connectivity index (χ0n) is 16.8. The minimum Gasteiger partial charge on any atom is -0.325 e. The lowest BCUT2D eigenvalue weighted by atomic mass is 10.1. The van der Waals surface area contributed by atoms with Crippen molar-refractivity contribution in [3.8, 4) is 11.4 Å². The topological polar surface area (TPSA) is 59.8 Å². The molecule has 0 fully saturated rings. The van der Waals surface area contributed by atoms with Crippen LogP contribution in [0.5, 0.6) is 0 Å². The second-order valence-corrected chi connectivity index (χ2v) is 7.93. The number of amides is 1. The molecule has 0 saturated carbocycles. The van der Waals surface area contributed by atoms with Gasteiger partial charge in [0.05, 0.1) is 5.75 Å². The van der Waals surface area contributed by atoms with Crippen molar-refractivity contribution >= 4 is 23.4 Å². The molecule has 0 spiro atoms. The van der Waals surface area contributed by atoms with Crippen LogP contribution in [-0.2, 0) is 11.3 Å². The number of nitrogens with zero attached hydrogens (tertiary/aromatic N) is 3. The molecule has 1 N–H and O–H groups in total. The number of rotatable bonds is 7. The highest BCUT2D eigenvalue weighted by atomic mass is 32.2. The fraction of sp³-hybridized carbons (Fsp3) is 0.318. The van der Waals surface area contributed by atoms with Crippen molar-refractivity contribution in [3.63, 3.8) is 0 Å². The molecule has 3 rings (SSSR count). The number of carbonyl (C=O) groups is 1. The predicted octanol–water partition coefficient (Wildman–Crippen LogP) is 5.01. The minimum atomic E-state index is -0.0416. The third-order valence-corrected chi connectivity index (χ3v) is 5.40. The van der Waals surface area contributed by atoms with E-state index in [0.717, 1.165) is 40.8 Å². The number of aryl methyl sites for hydroxylation is 3. The Morgan fingerprint density at radius 2 is 1.86 bits per heavy atom. The van der Waals surface area contributed by atoms with Crippen molar-refractivity contribution in [2.75, 3.05) is 11.1 Å². The Kier molecular flexibility index (Phi) is 6.52. The molecule has 0 radical (unpaired) electrons. The highest BCUT2D eigenvalue weighted by molar-refractivity contribution is 7.99. The number of benzene rings is 2. The van der Waals surface area contributed by atoms with Crippen LogP contribution in [0.2, 0.25) is 0 Å². The maximum Gasteiger partial charge on any atom is 0.234 e. The van der Waals surface area contributed by atoms with Crippen LogP contribution in [0.25, 0.3) is 11.4 Å². The maximum absolute atomic E-state index is 12.4. The molecule has 0 saturated heterocycles. The molecule has 0 atom stereocenters. The first-order valence-corrected chi connectivity index (χ1v) is 10.5. The molecular weight excluding hydrogens is 368 g/mol. The van der Waals surface area contributed by atoms with Crippen molar-refractivity contribution in [1.29, 1.82) is 0 Å². The van der Waals surface area contributed by atoms with Gasteiger partial charge in [-0.25, -0.2) is 0 Å². The standard InChI is InChI=1S/C22H26N4OS/c1-5-11-26-21(18-8-6-7-15(2)13-18)24-25-22(26)28-14-20(27)23-19-10-9-16(3)12-17(19)4/h6-10,12-13H,5,11,14H2,1-4H3,(H,23,27). The van der Waals surface area contributed by atoms with E-state index < -0.39 is 0 Å². The zero-order valence-corrected chi connectivity index (χ0v) is 17.6. The summed E-state index contributed by atoms with van der Waals surface area (Å²) in [5.74, 6) is 1.10. The zero-order chi connectivity index (χ0) is 20.1. The van der Waals surface area contributed by atoms with Crippen molar-refractivity contribution in [2.24, 2.45) is 0 Å². The quantitative estimate of drug-likeness (QED) is 0.572. The van der Waals surface area contributed by atoms with E-state index in [-0.39, 0.29) is 5.91 Å². The summed E-state index contributed by atoms with van der Waals surface area (Å²) in [6.45, 7) is 9.05. The Hall–Kier alpha value is -2.60. The number of thioether (sulfide) groups is 1. The Labute approximate surface area is 170 Å². The Morgan fingerprint density at radius 3 is 2.57 bits per heavy atom. The number of hydrogen-bond donors (Lipinski definition) is 1. The molecule has 5 nitrogen and oxygen atoms in total. The summed E-state index contributed by atoms with van der Waals surface area (Å²) >= 11 is 1.42. The van der Waals surface area contributed by atoms with E-state index >= 15 is 0 Å². The van der Waals surface area contributed by atoms with Crippen LogP contribution in [0.15, 0.2) is 47.6 Å². The van der Waals surface area contributed by atoms with Crippen LogP contribution in [-0.4, -0.2) is 26.4 Å². The molecule has 6 heteroatoms. The molecule has 28 heavy (non-hydrogen) atoms. The lowest BCUT2D eigenvalue weighted by Gasteiger charge is -2.10. The van der Waals surface area contributed by atoms with Gasteiger partial charge in [0.25, 0.3) is 0 Å². The second kappa shape index (κ2) is 9.06. The van der Waals surface area contributed by atoms with Gasteiger partial charge in [0.2, 0.25) is 5.91 Å². The van der Waals surface area contributed by atoms with Gasteiger partial charge in [0.15, 0.2) is 11.0 Å². The number of aromatic nitrogens is 3. The molecular formula is C22H26N4OS. The number of hydrogen-bond acceptors (Lipinski definition) is 4.